The van der Waals surface area contributed by atoms with E-state index in [1.54, 1.807) is 27.1 Å². The van der Waals surface area contributed by atoms with Crippen molar-refractivity contribution in [2.75, 3.05) is 25.6 Å². The van der Waals surface area contributed by atoms with Gasteiger partial charge < -0.3 is 9.64 Å². The van der Waals surface area contributed by atoms with Gasteiger partial charge in [0.1, 0.15) is 23.3 Å². The average Bonchev–Trinajstić information content (AvgIpc) is 2.73. The van der Waals surface area contributed by atoms with Crippen LogP contribution in [-0.4, -0.2) is 37.0 Å². The fourth-order valence-electron chi connectivity index (χ4n) is 3.73. The zero-order valence-corrected chi connectivity index (χ0v) is 19.1. The summed E-state index contributed by atoms with van der Waals surface area (Å²) in [5.41, 5.74) is -0.158. The summed E-state index contributed by atoms with van der Waals surface area (Å²) < 4.78 is 48.9. The molecule has 2 aromatic carbocycles. The van der Waals surface area contributed by atoms with E-state index >= 15 is 4.39 Å². The highest BCUT2D eigenvalue weighted by molar-refractivity contribution is 6.12. The number of hydrogen-bond donors (Lipinski definition) is 0. The van der Waals surface area contributed by atoms with Gasteiger partial charge in [-0.15, -0.1) is 0 Å². The monoisotopic (exact) mass is 472 g/mol. The lowest BCUT2D eigenvalue weighted by atomic mass is 10.0. The Hall–Kier alpha value is -3.88. The second-order valence-corrected chi connectivity index (χ2v) is 7.93. The third-order valence-corrected chi connectivity index (χ3v) is 5.14. The lowest BCUT2D eigenvalue weighted by Gasteiger charge is -2.24. The number of halogens is 3. The fraction of sp³-hybridized carbons (Fsp3) is 0.240. The minimum absolute atomic E-state index is 0.0379. The maximum atomic E-state index is 15.3. The molecule has 0 saturated carbocycles. The molecule has 0 fully saturated rings. The summed E-state index contributed by atoms with van der Waals surface area (Å²) in [6.07, 6.45) is 0.273. The van der Waals surface area contributed by atoms with Crippen molar-refractivity contribution in [2.24, 2.45) is 0 Å². The molecule has 0 aliphatic carbocycles. The van der Waals surface area contributed by atoms with E-state index in [0.717, 1.165) is 22.8 Å². The number of ketones is 1. The molecule has 0 aliphatic rings. The topological polar surface area (TPSA) is 68.6 Å². The van der Waals surface area contributed by atoms with Crippen molar-refractivity contribution in [3.63, 3.8) is 0 Å². The third kappa shape index (κ3) is 5.03. The van der Waals surface area contributed by atoms with Crippen molar-refractivity contribution in [1.29, 1.82) is 0 Å². The van der Waals surface area contributed by atoms with Crippen LogP contribution < -0.4 is 10.5 Å². The Kier molecular flexibility index (Phi) is 7.24. The number of carbonyl (C=O) groups is 2. The van der Waals surface area contributed by atoms with Gasteiger partial charge in [-0.05, 0) is 42.3 Å². The number of esters is 1. The van der Waals surface area contributed by atoms with E-state index in [1.165, 1.54) is 24.0 Å². The van der Waals surface area contributed by atoms with Gasteiger partial charge in [-0.2, -0.15) is 0 Å². The SMILES string of the molecule is CC(=O)OCCc1cc(C)c(-n2c(N(C)C)c(C(=O)c3ccc(F)cc3F)ccc2=O)c(F)c1. The summed E-state index contributed by atoms with van der Waals surface area (Å²) in [6.45, 7) is 2.95. The number of aryl methyl sites for hydroxylation is 1. The fourth-order valence-corrected chi connectivity index (χ4v) is 3.73. The highest BCUT2D eigenvalue weighted by Crippen LogP contribution is 2.28. The number of nitrogens with zero attached hydrogens (tertiary/aromatic N) is 2. The van der Waals surface area contributed by atoms with E-state index < -0.39 is 34.8 Å². The number of pyridine rings is 1. The molecule has 0 saturated heterocycles. The van der Waals surface area contributed by atoms with E-state index in [4.69, 9.17) is 4.74 Å². The summed E-state index contributed by atoms with van der Waals surface area (Å²) in [5, 5.41) is 0. The van der Waals surface area contributed by atoms with Gasteiger partial charge in [0, 0.05) is 39.6 Å². The molecule has 34 heavy (non-hydrogen) atoms. The predicted molar refractivity (Wildman–Crippen MR) is 121 cm³/mol. The van der Waals surface area contributed by atoms with Gasteiger partial charge in [-0.1, -0.05) is 6.07 Å². The van der Waals surface area contributed by atoms with E-state index in [0.29, 0.717) is 17.2 Å². The molecule has 3 aromatic rings. The minimum Gasteiger partial charge on any atom is -0.466 e. The molecular weight excluding hydrogens is 449 g/mol. The molecule has 0 unspecified atom stereocenters. The number of ether oxygens (including phenoxy) is 1. The molecule has 0 N–H and O–H groups in total. The smallest absolute Gasteiger partial charge is 0.302 e. The van der Waals surface area contributed by atoms with E-state index in [2.05, 4.69) is 0 Å². The van der Waals surface area contributed by atoms with E-state index in [-0.39, 0.29) is 35.7 Å². The van der Waals surface area contributed by atoms with Crippen molar-refractivity contribution in [3.05, 3.63) is 92.5 Å². The maximum absolute atomic E-state index is 15.3. The standard InChI is InChI=1S/C25H23F3N2O4/c1-14-11-16(9-10-34-15(2)31)12-21(28)23(14)30-22(32)8-7-19(25(30)29(3)4)24(33)18-6-5-17(26)13-20(18)27/h5-8,11-13H,9-10H2,1-4H3. The van der Waals surface area contributed by atoms with Crippen LogP contribution in [0.5, 0.6) is 0 Å². The Balaban J connectivity index is 2.17. The number of aromatic nitrogens is 1. The van der Waals surface area contributed by atoms with Crippen LogP contribution in [0.1, 0.15) is 34.0 Å². The summed E-state index contributed by atoms with van der Waals surface area (Å²) in [7, 11) is 3.12. The largest absolute Gasteiger partial charge is 0.466 e. The number of carbonyl (C=O) groups excluding carboxylic acids is 2. The molecule has 9 heteroatoms. The lowest BCUT2D eigenvalue weighted by Crippen LogP contribution is -2.29. The Labute approximate surface area is 194 Å². The van der Waals surface area contributed by atoms with Gasteiger partial charge in [0.25, 0.3) is 5.56 Å². The van der Waals surface area contributed by atoms with Crippen LogP contribution in [0.25, 0.3) is 5.69 Å². The van der Waals surface area contributed by atoms with Crippen LogP contribution in [0.15, 0.2) is 47.3 Å². The van der Waals surface area contributed by atoms with Crippen LogP contribution >= 0.6 is 0 Å². The number of rotatable bonds is 7. The van der Waals surface area contributed by atoms with Crippen molar-refractivity contribution in [1.82, 2.24) is 4.57 Å². The van der Waals surface area contributed by atoms with Gasteiger partial charge >= 0.3 is 5.97 Å². The van der Waals surface area contributed by atoms with Crippen molar-refractivity contribution in [2.45, 2.75) is 20.3 Å². The first-order chi connectivity index (χ1) is 16.0. The molecule has 1 aromatic heterocycles. The average molecular weight is 472 g/mol. The quantitative estimate of drug-likeness (QED) is 0.385. The molecule has 6 nitrogen and oxygen atoms in total. The molecule has 0 bridgehead atoms. The van der Waals surface area contributed by atoms with Gasteiger partial charge in [-0.25, -0.2) is 13.2 Å². The number of anilines is 1. The Bertz CT molecular complexity index is 1310. The second kappa shape index (κ2) is 9.94. The van der Waals surface area contributed by atoms with Crippen LogP contribution in [0.2, 0.25) is 0 Å². The molecule has 178 valence electrons. The zero-order valence-electron chi connectivity index (χ0n) is 19.1. The molecule has 1 heterocycles. The third-order valence-electron chi connectivity index (χ3n) is 5.14. The molecule has 0 atom stereocenters. The van der Waals surface area contributed by atoms with Crippen molar-refractivity contribution >= 4 is 17.6 Å². The van der Waals surface area contributed by atoms with Crippen molar-refractivity contribution in [3.8, 4) is 5.69 Å². The summed E-state index contributed by atoms with van der Waals surface area (Å²) in [4.78, 5) is 38.4. The first kappa shape index (κ1) is 24.8. The van der Waals surface area contributed by atoms with Crippen LogP contribution in [0.3, 0.4) is 0 Å². The Morgan fingerprint density at radius 3 is 2.24 bits per heavy atom. The first-order valence-electron chi connectivity index (χ1n) is 10.4. The highest BCUT2D eigenvalue weighted by Gasteiger charge is 2.25. The second-order valence-electron chi connectivity index (χ2n) is 7.93. The van der Waals surface area contributed by atoms with Crippen LogP contribution in [-0.2, 0) is 16.0 Å². The van der Waals surface area contributed by atoms with Gasteiger partial charge in [-0.3, -0.25) is 19.0 Å². The number of hydrogen-bond acceptors (Lipinski definition) is 5. The zero-order chi connectivity index (χ0) is 25.2. The molecule has 0 amide bonds. The Morgan fingerprint density at radius 2 is 1.65 bits per heavy atom. The first-order valence-corrected chi connectivity index (χ1v) is 10.4. The normalized spacial score (nSPS) is 10.8. The Morgan fingerprint density at radius 1 is 0.971 bits per heavy atom. The van der Waals surface area contributed by atoms with Crippen LogP contribution in [0.4, 0.5) is 19.0 Å². The maximum Gasteiger partial charge on any atom is 0.302 e. The molecule has 0 spiro atoms. The van der Waals surface area contributed by atoms with E-state index in [9.17, 15) is 23.2 Å². The predicted octanol–water partition coefficient (Wildman–Crippen LogP) is 3.97. The van der Waals surface area contributed by atoms with Crippen molar-refractivity contribution < 1.29 is 27.5 Å². The summed E-state index contributed by atoms with van der Waals surface area (Å²) in [5.74, 6) is -3.80. The van der Waals surface area contributed by atoms with E-state index in [1.807, 2.05) is 0 Å². The molecule has 0 radical (unpaired) electrons. The van der Waals surface area contributed by atoms with Gasteiger partial charge in [0.15, 0.2) is 5.78 Å². The van der Waals surface area contributed by atoms with Gasteiger partial charge in [0.2, 0.25) is 0 Å². The summed E-state index contributed by atoms with van der Waals surface area (Å²) >= 11 is 0. The minimum atomic E-state index is -1.05. The molecule has 0 aliphatic heterocycles. The molecule has 3 rings (SSSR count). The summed E-state index contributed by atoms with van der Waals surface area (Å²) in [6, 6.07) is 7.78. The molecular formula is C25H23F3N2O4. The number of benzene rings is 2. The lowest BCUT2D eigenvalue weighted by molar-refractivity contribution is -0.140. The highest BCUT2D eigenvalue weighted by atomic mass is 19.1. The van der Waals surface area contributed by atoms with Crippen LogP contribution in [0, 0.1) is 24.4 Å². The van der Waals surface area contributed by atoms with Gasteiger partial charge in [0.05, 0.1) is 23.4 Å².